The molecule has 2 aromatic rings. The zero-order valence-electron chi connectivity index (χ0n) is 12.7. The van der Waals surface area contributed by atoms with Crippen LogP contribution in [0, 0.1) is 0 Å². The van der Waals surface area contributed by atoms with Gasteiger partial charge < -0.3 is 10.6 Å². The Labute approximate surface area is 143 Å². The number of thioether (sulfide) groups is 1. The number of para-hydroxylation sites is 1. The molecule has 2 heterocycles. The molecule has 1 fully saturated rings. The zero-order chi connectivity index (χ0) is 16.2. The average molecular weight is 349 g/mol. The van der Waals surface area contributed by atoms with Gasteiger partial charge in [-0.05, 0) is 25.0 Å². The quantitative estimate of drug-likeness (QED) is 0.898. The van der Waals surface area contributed by atoms with Crippen LogP contribution in [0.25, 0.3) is 10.2 Å². The third kappa shape index (κ3) is 4.03. The van der Waals surface area contributed by atoms with Crippen molar-refractivity contribution in [2.75, 3.05) is 24.6 Å². The van der Waals surface area contributed by atoms with Crippen LogP contribution in [0.1, 0.15) is 23.8 Å². The molecule has 1 aliphatic rings. The molecule has 2 N–H and O–H groups in total. The summed E-state index contributed by atoms with van der Waals surface area (Å²) in [5, 5.41) is 1.18. The van der Waals surface area contributed by atoms with E-state index in [2.05, 4.69) is 6.07 Å². The molecule has 0 spiro atoms. The first-order valence-corrected chi connectivity index (χ1v) is 9.60. The topological polar surface area (TPSA) is 76.3 Å². The molecule has 0 unspecified atom stereocenters. The molecule has 23 heavy (non-hydrogen) atoms. The number of nitrogens with zero attached hydrogens (tertiary/aromatic N) is 2. The number of hydrogen-bond donors (Lipinski definition) is 1. The average Bonchev–Trinajstić information content (AvgIpc) is 2.98. The molecule has 0 bridgehead atoms. The van der Waals surface area contributed by atoms with Crippen molar-refractivity contribution < 1.29 is 9.59 Å². The van der Waals surface area contributed by atoms with E-state index in [1.807, 2.05) is 23.1 Å². The van der Waals surface area contributed by atoms with Gasteiger partial charge in [-0.15, -0.1) is 23.1 Å². The summed E-state index contributed by atoms with van der Waals surface area (Å²) in [6.07, 6.45) is 1.90. The number of primary amides is 1. The van der Waals surface area contributed by atoms with Crippen LogP contribution in [0.15, 0.2) is 24.3 Å². The highest BCUT2D eigenvalue weighted by atomic mass is 32.2. The number of benzene rings is 1. The zero-order valence-corrected chi connectivity index (χ0v) is 14.4. The second kappa shape index (κ2) is 7.31. The number of piperidine rings is 1. The molecule has 3 rings (SSSR count). The first kappa shape index (κ1) is 16.3. The van der Waals surface area contributed by atoms with E-state index in [4.69, 9.17) is 10.7 Å². The van der Waals surface area contributed by atoms with Crippen LogP contribution in [0.3, 0.4) is 0 Å². The van der Waals surface area contributed by atoms with Gasteiger partial charge in [0, 0.05) is 19.0 Å². The van der Waals surface area contributed by atoms with E-state index >= 15 is 0 Å². The lowest BCUT2D eigenvalue weighted by Crippen LogP contribution is -2.39. The first-order chi connectivity index (χ1) is 11.1. The van der Waals surface area contributed by atoms with Gasteiger partial charge in [-0.25, -0.2) is 4.98 Å². The summed E-state index contributed by atoms with van der Waals surface area (Å²) in [5.74, 6) is 0.689. The lowest BCUT2D eigenvalue weighted by molar-refractivity contribution is -0.129. The van der Waals surface area contributed by atoms with Gasteiger partial charge in [0.25, 0.3) is 0 Å². The third-order valence-electron chi connectivity index (χ3n) is 3.98. The number of carbonyl (C=O) groups is 2. The minimum atomic E-state index is -0.377. The largest absolute Gasteiger partial charge is 0.369 e. The Balaban J connectivity index is 1.53. The summed E-state index contributed by atoms with van der Waals surface area (Å²) < 4.78 is 1.23. The molecule has 2 amide bonds. The molecule has 0 radical (unpaired) electrons. The minimum Gasteiger partial charge on any atom is -0.369 e. The van der Waals surface area contributed by atoms with E-state index in [9.17, 15) is 9.59 Å². The van der Waals surface area contributed by atoms with Crippen molar-refractivity contribution in [2.24, 2.45) is 5.73 Å². The van der Waals surface area contributed by atoms with Gasteiger partial charge in [-0.1, -0.05) is 12.1 Å². The van der Waals surface area contributed by atoms with Crippen LogP contribution in [-0.4, -0.2) is 46.3 Å². The number of aromatic nitrogens is 1. The molecule has 5 nitrogen and oxygen atoms in total. The van der Waals surface area contributed by atoms with Gasteiger partial charge in [-0.3, -0.25) is 9.59 Å². The SMILES string of the molecule is NC(=O)CSCC(=O)N1CCC(c2nc3ccccc3s2)CC1. The second-order valence-electron chi connectivity index (χ2n) is 5.63. The van der Waals surface area contributed by atoms with Crippen LogP contribution in [0.4, 0.5) is 0 Å². The Morgan fingerprint density at radius 2 is 2.00 bits per heavy atom. The summed E-state index contributed by atoms with van der Waals surface area (Å²) in [4.78, 5) is 29.4. The highest BCUT2D eigenvalue weighted by Crippen LogP contribution is 2.33. The number of amides is 2. The van der Waals surface area contributed by atoms with Crippen molar-refractivity contribution in [3.05, 3.63) is 29.3 Å². The molecule has 122 valence electrons. The molecule has 0 saturated carbocycles. The van der Waals surface area contributed by atoms with Crippen LogP contribution in [0.5, 0.6) is 0 Å². The van der Waals surface area contributed by atoms with Crippen molar-refractivity contribution in [2.45, 2.75) is 18.8 Å². The fraction of sp³-hybridized carbons (Fsp3) is 0.438. The number of hydrogen-bond acceptors (Lipinski definition) is 5. The third-order valence-corrected chi connectivity index (χ3v) is 6.12. The highest BCUT2D eigenvalue weighted by Gasteiger charge is 2.25. The minimum absolute atomic E-state index is 0.0963. The Kier molecular flexibility index (Phi) is 5.17. The predicted molar refractivity (Wildman–Crippen MR) is 94.7 cm³/mol. The number of carbonyl (C=O) groups excluding carboxylic acids is 2. The predicted octanol–water partition coefficient (Wildman–Crippen LogP) is 2.22. The van der Waals surface area contributed by atoms with Gasteiger partial charge in [0.2, 0.25) is 11.8 Å². The van der Waals surface area contributed by atoms with E-state index < -0.39 is 0 Å². The standard InChI is InChI=1S/C16H19N3O2S2/c17-14(20)9-22-10-15(21)19-7-5-11(6-8-19)16-18-12-3-1-2-4-13(12)23-16/h1-4,11H,5-10H2,(H2,17,20). The van der Waals surface area contributed by atoms with Gasteiger partial charge in [0.15, 0.2) is 0 Å². The molecular formula is C16H19N3O2S2. The summed E-state index contributed by atoms with van der Waals surface area (Å²) in [6.45, 7) is 1.52. The normalized spacial score (nSPS) is 15.9. The maximum absolute atomic E-state index is 12.1. The van der Waals surface area contributed by atoms with Crippen molar-refractivity contribution in [1.29, 1.82) is 0 Å². The first-order valence-electron chi connectivity index (χ1n) is 7.63. The van der Waals surface area contributed by atoms with Crippen molar-refractivity contribution in [3.63, 3.8) is 0 Å². The summed E-state index contributed by atoms with van der Waals surface area (Å²) in [7, 11) is 0. The molecule has 0 atom stereocenters. The smallest absolute Gasteiger partial charge is 0.232 e. The van der Waals surface area contributed by atoms with Gasteiger partial charge in [0.05, 0.1) is 26.7 Å². The van der Waals surface area contributed by atoms with Crippen LogP contribution in [-0.2, 0) is 9.59 Å². The van der Waals surface area contributed by atoms with Crippen LogP contribution < -0.4 is 5.73 Å². The Bertz CT molecular complexity index is 675. The summed E-state index contributed by atoms with van der Waals surface area (Å²) >= 11 is 3.05. The molecule has 1 saturated heterocycles. The Morgan fingerprint density at radius 1 is 1.26 bits per heavy atom. The number of likely N-dealkylation sites (tertiary alicyclic amines) is 1. The van der Waals surface area contributed by atoms with Crippen LogP contribution in [0.2, 0.25) is 0 Å². The summed E-state index contributed by atoms with van der Waals surface area (Å²) in [5.41, 5.74) is 6.14. The maximum Gasteiger partial charge on any atom is 0.232 e. The number of fused-ring (bicyclic) bond motifs is 1. The number of thiazole rings is 1. The van der Waals surface area contributed by atoms with E-state index in [1.54, 1.807) is 11.3 Å². The Hall–Kier alpha value is -1.60. The van der Waals surface area contributed by atoms with Crippen LogP contribution >= 0.6 is 23.1 Å². The summed E-state index contributed by atoms with van der Waals surface area (Å²) in [6, 6.07) is 8.20. The van der Waals surface area contributed by atoms with Crippen molar-refractivity contribution in [3.8, 4) is 0 Å². The fourth-order valence-electron chi connectivity index (χ4n) is 2.77. The van der Waals surface area contributed by atoms with Crippen molar-refractivity contribution >= 4 is 45.1 Å². The van der Waals surface area contributed by atoms with Gasteiger partial charge >= 0.3 is 0 Å². The molecule has 1 aromatic carbocycles. The van der Waals surface area contributed by atoms with E-state index in [0.29, 0.717) is 11.7 Å². The fourth-order valence-corrected chi connectivity index (χ4v) is 4.57. The lowest BCUT2D eigenvalue weighted by Gasteiger charge is -2.31. The lowest BCUT2D eigenvalue weighted by atomic mass is 9.97. The molecule has 0 aliphatic carbocycles. The van der Waals surface area contributed by atoms with E-state index in [0.717, 1.165) is 31.4 Å². The second-order valence-corrected chi connectivity index (χ2v) is 7.68. The highest BCUT2D eigenvalue weighted by molar-refractivity contribution is 8.00. The van der Waals surface area contributed by atoms with Crippen molar-refractivity contribution in [1.82, 2.24) is 9.88 Å². The maximum atomic E-state index is 12.1. The molecule has 1 aliphatic heterocycles. The molecule has 7 heteroatoms. The monoisotopic (exact) mass is 349 g/mol. The van der Waals surface area contributed by atoms with E-state index in [1.165, 1.54) is 21.5 Å². The van der Waals surface area contributed by atoms with E-state index in [-0.39, 0.29) is 17.6 Å². The number of rotatable bonds is 5. The Morgan fingerprint density at radius 3 is 2.70 bits per heavy atom. The molecular weight excluding hydrogens is 330 g/mol. The number of nitrogens with two attached hydrogens (primary N) is 1. The van der Waals surface area contributed by atoms with Gasteiger partial charge in [0.1, 0.15) is 0 Å². The van der Waals surface area contributed by atoms with Gasteiger partial charge in [-0.2, -0.15) is 0 Å². The molecule has 1 aromatic heterocycles.